The van der Waals surface area contributed by atoms with Crippen LogP contribution in [-0.4, -0.2) is 22.2 Å². The van der Waals surface area contributed by atoms with Crippen LogP contribution < -0.4 is 16.2 Å². The van der Waals surface area contributed by atoms with E-state index in [0.29, 0.717) is 5.39 Å². The topological polar surface area (TPSA) is 82.7 Å². The molecule has 2 atom stereocenters. The molecule has 1 aliphatic heterocycles. The van der Waals surface area contributed by atoms with Gasteiger partial charge in [0.05, 0.1) is 23.0 Å². The minimum atomic E-state index is -0.171. The number of H-pyrrole nitrogens is 1. The summed E-state index contributed by atoms with van der Waals surface area (Å²) in [5.41, 5.74) is 5.07. The predicted molar refractivity (Wildman–Crippen MR) is 114 cm³/mol. The van der Waals surface area contributed by atoms with Crippen LogP contribution >= 0.6 is 0 Å². The first-order chi connectivity index (χ1) is 14.3. The van der Waals surface area contributed by atoms with E-state index >= 15 is 0 Å². The van der Waals surface area contributed by atoms with Crippen LogP contribution in [0.2, 0.25) is 0 Å². The second-order valence-electron chi connectivity index (χ2n) is 7.32. The Kier molecular flexibility index (Phi) is 4.33. The fourth-order valence-corrected chi connectivity index (χ4v) is 4.23. The zero-order valence-electron chi connectivity index (χ0n) is 16.0. The molecule has 0 fully saturated rings. The van der Waals surface area contributed by atoms with Crippen molar-refractivity contribution in [2.45, 2.75) is 18.5 Å². The lowest BCUT2D eigenvalue weighted by molar-refractivity contribution is 0.636. The van der Waals surface area contributed by atoms with Gasteiger partial charge in [-0.15, -0.1) is 0 Å². The number of hydrogen-bond donors (Lipinski definition) is 3. The zero-order valence-corrected chi connectivity index (χ0v) is 16.0. The lowest BCUT2D eigenvalue weighted by atomic mass is 9.80. The van der Waals surface area contributed by atoms with E-state index in [-0.39, 0.29) is 17.5 Å². The first-order valence-corrected chi connectivity index (χ1v) is 9.67. The highest BCUT2D eigenvalue weighted by atomic mass is 16.1. The molecular weight excluding hydrogens is 362 g/mol. The third kappa shape index (κ3) is 2.98. The van der Waals surface area contributed by atoms with Crippen molar-refractivity contribution in [3.05, 3.63) is 99.7 Å². The zero-order chi connectivity index (χ0) is 19.8. The van der Waals surface area contributed by atoms with Gasteiger partial charge >= 0.3 is 0 Å². The molecular formula is C23H21N5O. The molecule has 0 saturated carbocycles. The van der Waals surface area contributed by atoms with E-state index < -0.39 is 0 Å². The third-order valence-electron chi connectivity index (χ3n) is 5.55. The molecule has 0 saturated heterocycles. The van der Waals surface area contributed by atoms with Crippen LogP contribution in [0.1, 0.15) is 34.3 Å². The van der Waals surface area contributed by atoms with Crippen LogP contribution in [0.3, 0.4) is 0 Å². The average Bonchev–Trinajstić information content (AvgIpc) is 2.77. The number of pyridine rings is 1. The second-order valence-corrected chi connectivity index (χ2v) is 7.32. The van der Waals surface area contributed by atoms with E-state index in [9.17, 15) is 4.79 Å². The molecule has 3 heterocycles. The van der Waals surface area contributed by atoms with Gasteiger partial charge in [0.15, 0.2) is 0 Å². The molecule has 2 aromatic carbocycles. The van der Waals surface area contributed by atoms with E-state index in [1.165, 1.54) is 5.56 Å². The van der Waals surface area contributed by atoms with Crippen molar-refractivity contribution in [1.82, 2.24) is 20.5 Å². The van der Waals surface area contributed by atoms with Gasteiger partial charge in [0.1, 0.15) is 0 Å². The van der Waals surface area contributed by atoms with E-state index in [4.69, 9.17) is 0 Å². The first kappa shape index (κ1) is 17.6. The van der Waals surface area contributed by atoms with E-state index in [0.717, 1.165) is 34.4 Å². The van der Waals surface area contributed by atoms with Gasteiger partial charge in [-0.25, -0.2) is 5.10 Å². The Morgan fingerprint density at radius 2 is 1.90 bits per heavy atom. The summed E-state index contributed by atoms with van der Waals surface area (Å²) in [6.07, 6.45) is 3.66. The maximum absolute atomic E-state index is 12.4. The van der Waals surface area contributed by atoms with Crippen LogP contribution in [-0.2, 0) is 6.54 Å². The summed E-state index contributed by atoms with van der Waals surface area (Å²) in [5.74, 6) is -0.0583. The van der Waals surface area contributed by atoms with E-state index in [2.05, 4.69) is 56.1 Å². The number of rotatable bonds is 4. The minimum absolute atomic E-state index is 0.0460. The summed E-state index contributed by atoms with van der Waals surface area (Å²) in [5, 5.41) is 15.6. The van der Waals surface area contributed by atoms with Gasteiger partial charge in [-0.05, 0) is 41.9 Å². The summed E-state index contributed by atoms with van der Waals surface area (Å²) in [7, 11) is 1.94. The standard InChI is InChI=1S/C23H21N5O/c1-24-12-14-7-9-15(10-8-14)19-21(16-4-3-11-25-13-16)26-18-6-2-5-17-20(18)22(19)27-28-23(17)29/h2-11,13,19,21,24,26H,12H2,1H3,(H,28,29). The van der Waals surface area contributed by atoms with Crippen molar-refractivity contribution in [2.75, 3.05) is 12.4 Å². The monoisotopic (exact) mass is 383 g/mol. The van der Waals surface area contributed by atoms with Gasteiger partial charge in [0.25, 0.3) is 5.56 Å². The molecule has 144 valence electrons. The van der Waals surface area contributed by atoms with Gasteiger partial charge in [0.2, 0.25) is 0 Å². The first-order valence-electron chi connectivity index (χ1n) is 9.67. The van der Waals surface area contributed by atoms with Crippen molar-refractivity contribution in [2.24, 2.45) is 0 Å². The molecule has 1 aliphatic rings. The molecule has 5 rings (SSSR count). The van der Waals surface area contributed by atoms with Crippen LogP contribution in [0.15, 0.2) is 71.8 Å². The Hall–Kier alpha value is -3.51. The highest BCUT2D eigenvalue weighted by Gasteiger charge is 2.34. The fraction of sp³-hybridized carbons (Fsp3) is 0.174. The molecule has 2 aromatic heterocycles. The quantitative estimate of drug-likeness (QED) is 0.503. The van der Waals surface area contributed by atoms with Crippen LogP contribution in [0, 0.1) is 0 Å². The highest BCUT2D eigenvalue weighted by Crippen LogP contribution is 2.45. The smallest absolute Gasteiger partial charge is 0.272 e. The van der Waals surface area contributed by atoms with Gasteiger partial charge in [0, 0.05) is 30.0 Å². The maximum Gasteiger partial charge on any atom is 0.272 e. The lowest BCUT2D eigenvalue weighted by Gasteiger charge is -2.34. The largest absolute Gasteiger partial charge is 0.377 e. The number of anilines is 1. The number of nitrogens with zero attached hydrogens (tertiary/aromatic N) is 2. The Bertz CT molecular complexity index is 1220. The molecule has 2 unspecified atom stereocenters. The van der Waals surface area contributed by atoms with Gasteiger partial charge in [-0.2, -0.15) is 5.10 Å². The maximum atomic E-state index is 12.4. The third-order valence-corrected chi connectivity index (χ3v) is 5.55. The molecule has 29 heavy (non-hydrogen) atoms. The molecule has 6 nitrogen and oxygen atoms in total. The second kappa shape index (κ2) is 7.14. The van der Waals surface area contributed by atoms with E-state index in [1.807, 2.05) is 37.5 Å². The Morgan fingerprint density at radius 1 is 1.03 bits per heavy atom. The van der Waals surface area contributed by atoms with Crippen LogP contribution in [0.5, 0.6) is 0 Å². The number of benzene rings is 2. The Labute approximate surface area is 168 Å². The van der Waals surface area contributed by atoms with Gasteiger partial charge in [-0.1, -0.05) is 36.4 Å². The van der Waals surface area contributed by atoms with Crippen molar-refractivity contribution >= 4 is 16.5 Å². The number of aromatic nitrogens is 3. The molecule has 0 bridgehead atoms. The van der Waals surface area contributed by atoms with Gasteiger partial charge < -0.3 is 10.6 Å². The highest BCUT2D eigenvalue weighted by molar-refractivity contribution is 5.97. The predicted octanol–water partition coefficient (Wildman–Crippen LogP) is 3.34. The van der Waals surface area contributed by atoms with Crippen LogP contribution in [0.25, 0.3) is 10.8 Å². The molecule has 0 aliphatic carbocycles. The molecule has 4 aromatic rings. The van der Waals surface area contributed by atoms with Gasteiger partial charge in [-0.3, -0.25) is 9.78 Å². The molecule has 0 spiro atoms. The number of nitrogens with one attached hydrogen (secondary N) is 3. The van der Waals surface area contributed by atoms with Crippen molar-refractivity contribution in [3.63, 3.8) is 0 Å². The van der Waals surface area contributed by atoms with Crippen molar-refractivity contribution < 1.29 is 0 Å². The van der Waals surface area contributed by atoms with Crippen LogP contribution in [0.4, 0.5) is 5.69 Å². The Balaban J connectivity index is 1.73. The SMILES string of the molecule is CNCc1ccc(C2c3n[nH]c(=O)c4cccc(c34)NC2c2cccnc2)cc1. The summed E-state index contributed by atoms with van der Waals surface area (Å²) in [4.78, 5) is 16.7. The summed E-state index contributed by atoms with van der Waals surface area (Å²) < 4.78 is 0. The number of aromatic amines is 1. The Morgan fingerprint density at radius 3 is 2.66 bits per heavy atom. The minimum Gasteiger partial charge on any atom is -0.377 e. The average molecular weight is 383 g/mol. The molecule has 3 N–H and O–H groups in total. The number of hydrogen-bond acceptors (Lipinski definition) is 5. The summed E-state index contributed by atoms with van der Waals surface area (Å²) >= 11 is 0. The van der Waals surface area contributed by atoms with E-state index in [1.54, 1.807) is 6.20 Å². The van der Waals surface area contributed by atoms with Crippen molar-refractivity contribution in [1.29, 1.82) is 0 Å². The molecule has 0 radical (unpaired) electrons. The molecule has 0 amide bonds. The summed E-state index contributed by atoms with van der Waals surface area (Å²) in [6.45, 7) is 0.819. The van der Waals surface area contributed by atoms with Crippen molar-refractivity contribution in [3.8, 4) is 0 Å². The normalized spacial score (nSPS) is 17.8. The molecule has 6 heteroatoms. The lowest BCUT2D eigenvalue weighted by Crippen LogP contribution is -2.28. The summed E-state index contributed by atoms with van der Waals surface area (Å²) in [6, 6.07) is 18.3. The fourth-order valence-electron chi connectivity index (χ4n) is 4.23.